The van der Waals surface area contributed by atoms with Gasteiger partial charge in [-0.25, -0.2) is 0 Å². The van der Waals surface area contributed by atoms with E-state index in [-0.39, 0.29) is 12.0 Å². The Kier molecular flexibility index (Phi) is 4.45. The van der Waals surface area contributed by atoms with Crippen LogP contribution in [0.5, 0.6) is 0 Å². The highest BCUT2D eigenvalue weighted by Gasteiger charge is 2.29. The number of carboxylic acid groups (broad SMARTS) is 1. The summed E-state index contributed by atoms with van der Waals surface area (Å²) in [6.45, 7) is 8.75. The first kappa shape index (κ1) is 15.0. The normalized spacial score (nSPS) is 20.9. The van der Waals surface area contributed by atoms with Gasteiger partial charge in [-0.05, 0) is 16.5 Å². The maximum atomic E-state index is 11.2. The molecule has 0 saturated carbocycles. The van der Waals surface area contributed by atoms with Crippen LogP contribution in [-0.2, 0) is 21.5 Å². The highest BCUT2D eigenvalue weighted by atomic mass is 16.5. The lowest BCUT2D eigenvalue weighted by Crippen LogP contribution is -2.49. The van der Waals surface area contributed by atoms with E-state index in [2.05, 4.69) is 45.0 Å². The van der Waals surface area contributed by atoms with E-state index in [1.165, 1.54) is 5.56 Å². The van der Waals surface area contributed by atoms with E-state index in [1.54, 1.807) is 0 Å². The number of morpholine rings is 1. The van der Waals surface area contributed by atoms with Gasteiger partial charge < -0.3 is 9.84 Å². The molecule has 0 amide bonds. The van der Waals surface area contributed by atoms with Crippen LogP contribution in [-0.4, -0.2) is 41.8 Å². The molecule has 2 rings (SSSR count). The van der Waals surface area contributed by atoms with Crippen LogP contribution in [0.2, 0.25) is 0 Å². The molecule has 1 aliphatic rings. The fraction of sp³-hybridized carbons (Fsp3) is 0.562. The van der Waals surface area contributed by atoms with Crippen molar-refractivity contribution in [2.24, 2.45) is 0 Å². The smallest absolute Gasteiger partial charge is 0.323 e. The third kappa shape index (κ3) is 3.58. The summed E-state index contributed by atoms with van der Waals surface area (Å²) in [5.41, 5.74) is 2.57. The number of nitrogens with zero attached hydrogens (tertiary/aromatic N) is 1. The molecule has 0 bridgehead atoms. The number of carbonyl (C=O) groups is 1. The van der Waals surface area contributed by atoms with Gasteiger partial charge in [-0.15, -0.1) is 0 Å². The van der Waals surface area contributed by atoms with Crippen molar-refractivity contribution in [1.82, 2.24) is 4.90 Å². The fourth-order valence-corrected chi connectivity index (χ4v) is 2.40. The summed E-state index contributed by atoms with van der Waals surface area (Å²) in [5, 5.41) is 9.22. The van der Waals surface area contributed by atoms with Crippen molar-refractivity contribution in [3.05, 3.63) is 35.4 Å². The zero-order valence-corrected chi connectivity index (χ0v) is 12.4. The van der Waals surface area contributed by atoms with Crippen LogP contribution in [0, 0.1) is 0 Å². The molecule has 1 N–H and O–H groups in total. The molecule has 0 radical (unpaired) electrons. The monoisotopic (exact) mass is 277 g/mol. The summed E-state index contributed by atoms with van der Waals surface area (Å²) >= 11 is 0. The predicted molar refractivity (Wildman–Crippen MR) is 77.8 cm³/mol. The molecule has 0 spiro atoms. The van der Waals surface area contributed by atoms with Crippen molar-refractivity contribution in [3.8, 4) is 0 Å². The molecular formula is C16H23NO3. The van der Waals surface area contributed by atoms with Gasteiger partial charge in [0.2, 0.25) is 0 Å². The van der Waals surface area contributed by atoms with Crippen molar-refractivity contribution < 1.29 is 14.6 Å². The Hall–Kier alpha value is -1.39. The molecule has 4 nitrogen and oxygen atoms in total. The zero-order chi connectivity index (χ0) is 14.8. The van der Waals surface area contributed by atoms with Gasteiger partial charge in [0.25, 0.3) is 0 Å². The van der Waals surface area contributed by atoms with Crippen LogP contribution in [0.1, 0.15) is 31.9 Å². The van der Waals surface area contributed by atoms with E-state index >= 15 is 0 Å². The SMILES string of the molecule is CC(C)(C)c1ccc(CN2CCOCC2C(=O)O)cc1. The minimum Gasteiger partial charge on any atom is -0.480 e. The first-order valence-corrected chi connectivity index (χ1v) is 7.02. The molecular weight excluding hydrogens is 254 g/mol. The Bertz CT molecular complexity index is 462. The summed E-state index contributed by atoms with van der Waals surface area (Å²) in [6, 6.07) is 7.91. The van der Waals surface area contributed by atoms with Gasteiger partial charge in [0.1, 0.15) is 6.04 Å². The van der Waals surface area contributed by atoms with E-state index in [0.29, 0.717) is 19.7 Å². The summed E-state index contributed by atoms with van der Waals surface area (Å²) in [5.74, 6) is -0.809. The summed E-state index contributed by atoms with van der Waals surface area (Å²) in [4.78, 5) is 13.2. The predicted octanol–water partition coefficient (Wildman–Crippen LogP) is 2.27. The lowest BCUT2D eigenvalue weighted by atomic mass is 9.86. The summed E-state index contributed by atoms with van der Waals surface area (Å²) in [7, 11) is 0. The molecule has 20 heavy (non-hydrogen) atoms. The number of ether oxygens (including phenoxy) is 1. The lowest BCUT2D eigenvalue weighted by Gasteiger charge is -2.32. The van der Waals surface area contributed by atoms with Crippen LogP contribution in [0.3, 0.4) is 0 Å². The van der Waals surface area contributed by atoms with E-state index in [9.17, 15) is 9.90 Å². The van der Waals surface area contributed by atoms with Gasteiger partial charge in [0.05, 0.1) is 13.2 Å². The molecule has 1 saturated heterocycles. The number of hydrogen-bond donors (Lipinski definition) is 1. The third-order valence-corrected chi connectivity index (χ3v) is 3.73. The minimum absolute atomic E-state index is 0.140. The largest absolute Gasteiger partial charge is 0.480 e. The van der Waals surface area contributed by atoms with Crippen LogP contribution in [0.15, 0.2) is 24.3 Å². The number of benzene rings is 1. The highest BCUT2D eigenvalue weighted by Crippen LogP contribution is 2.23. The van der Waals surface area contributed by atoms with Crippen LogP contribution < -0.4 is 0 Å². The second-order valence-electron chi connectivity index (χ2n) is 6.35. The van der Waals surface area contributed by atoms with Crippen molar-refractivity contribution in [3.63, 3.8) is 0 Å². The van der Waals surface area contributed by atoms with E-state index < -0.39 is 12.0 Å². The summed E-state index contributed by atoms with van der Waals surface area (Å²) in [6.07, 6.45) is 0. The Labute approximate surface area is 120 Å². The molecule has 0 aromatic heterocycles. The van der Waals surface area contributed by atoms with Gasteiger partial charge in [-0.3, -0.25) is 9.69 Å². The molecule has 1 heterocycles. The number of aliphatic carboxylic acids is 1. The average Bonchev–Trinajstić information content (AvgIpc) is 2.38. The van der Waals surface area contributed by atoms with Crippen LogP contribution >= 0.6 is 0 Å². The van der Waals surface area contributed by atoms with Gasteiger partial charge in [0, 0.05) is 13.1 Å². The average molecular weight is 277 g/mol. The Morgan fingerprint density at radius 2 is 2.00 bits per heavy atom. The molecule has 110 valence electrons. The van der Waals surface area contributed by atoms with E-state index in [4.69, 9.17) is 4.74 Å². The fourth-order valence-electron chi connectivity index (χ4n) is 2.40. The standard InChI is InChI=1S/C16H23NO3/c1-16(2,3)13-6-4-12(5-7-13)10-17-8-9-20-11-14(17)15(18)19/h4-7,14H,8-11H2,1-3H3,(H,18,19). The van der Waals surface area contributed by atoms with Gasteiger partial charge in [0.15, 0.2) is 0 Å². The van der Waals surface area contributed by atoms with Gasteiger partial charge in [-0.1, -0.05) is 45.0 Å². The van der Waals surface area contributed by atoms with Crippen LogP contribution in [0.4, 0.5) is 0 Å². The summed E-state index contributed by atoms with van der Waals surface area (Å²) < 4.78 is 5.25. The Balaban J connectivity index is 2.07. The van der Waals surface area contributed by atoms with Gasteiger partial charge in [-0.2, -0.15) is 0 Å². The molecule has 0 aliphatic carbocycles. The second-order valence-corrected chi connectivity index (χ2v) is 6.35. The minimum atomic E-state index is -0.809. The van der Waals surface area contributed by atoms with E-state index in [1.807, 2.05) is 4.90 Å². The molecule has 1 aliphatic heterocycles. The molecule has 4 heteroatoms. The number of rotatable bonds is 3. The maximum absolute atomic E-state index is 11.2. The quantitative estimate of drug-likeness (QED) is 0.921. The third-order valence-electron chi connectivity index (χ3n) is 3.73. The van der Waals surface area contributed by atoms with Gasteiger partial charge >= 0.3 is 5.97 Å². The lowest BCUT2D eigenvalue weighted by molar-refractivity contribution is -0.150. The zero-order valence-electron chi connectivity index (χ0n) is 12.4. The highest BCUT2D eigenvalue weighted by molar-refractivity contribution is 5.73. The van der Waals surface area contributed by atoms with E-state index in [0.717, 1.165) is 5.56 Å². The maximum Gasteiger partial charge on any atom is 0.323 e. The van der Waals surface area contributed by atoms with Crippen LogP contribution in [0.25, 0.3) is 0 Å². The molecule has 1 fully saturated rings. The Morgan fingerprint density at radius 1 is 1.35 bits per heavy atom. The number of hydrogen-bond acceptors (Lipinski definition) is 3. The van der Waals surface area contributed by atoms with Crippen molar-refractivity contribution in [2.75, 3.05) is 19.8 Å². The first-order chi connectivity index (χ1) is 9.38. The topological polar surface area (TPSA) is 49.8 Å². The van der Waals surface area contributed by atoms with Crippen molar-refractivity contribution >= 4 is 5.97 Å². The molecule has 1 atom stereocenters. The second kappa shape index (κ2) is 5.94. The first-order valence-electron chi connectivity index (χ1n) is 7.02. The Morgan fingerprint density at radius 3 is 2.55 bits per heavy atom. The molecule has 1 aromatic rings. The van der Waals surface area contributed by atoms with Crippen molar-refractivity contribution in [2.45, 2.75) is 38.8 Å². The molecule has 1 aromatic carbocycles. The molecule has 1 unspecified atom stereocenters. The number of carboxylic acids is 1. The van der Waals surface area contributed by atoms with Crippen molar-refractivity contribution in [1.29, 1.82) is 0 Å².